The molecule has 0 saturated carbocycles. The summed E-state index contributed by atoms with van der Waals surface area (Å²) in [6, 6.07) is 6.71. The molecule has 0 saturated heterocycles. The van der Waals surface area contributed by atoms with Gasteiger partial charge in [-0.15, -0.1) is 0 Å². The summed E-state index contributed by atoms with van der Waals surface area (Å²) < 4.78 is 34.7. The van der Waals surface area contributed by atoms with Gasteiger partial charge in [0.25, 0.3) is 0 Å². The Morgan fingerprint density at radius 2 is 2.00 bits per heavy atom. The lowest BCUT2D eigenvalue weighted by molar-refractivity contribution is 0.374. The van der Waals surface area contributed by atoms with Gasteiger partial charge >= 0.3 is 0 Å². The number of halogens is 2. The van der Waals surface area contributed by atoms with Crippen LogP contribution in [0.15, 0.2) is 24.3 Å². The molecule has 78 valence electrons. The third kappa shape index (κ3) is 3.27. The Kier molecular flexibility index (Phi) is 3.50. The van der Waals surface area contributed by atoms with E-state index >= 15 is 0 Å². The molecule has 0 aliphatic rings. The van der Waals surface area contributed by atoms with Crippen LogP contribution in [-0.2, 0) is 9.05 Å². The van der Waals surface area contributed by atoms with Crippen molar-refractivity contribution in [3.8, 4) is 0 Å². The van der Waals surface area contributed by atoms with Gasteiger partial charge in [-0.2, -0.15) is 0 Å². The van der Waals surface area contributed by atoms with E-state index in [0.717, 1.165) is 5.56 Å². The molecular formula is C9H10ClFO2S. The quantitative estimate of drug-likeness (QED) is 0.756. The number of hydrogen-bond donors (Lipinski definition) is 0. The molecule has 0 radical (unpaired) electrons. The lowest BCUT2D eigenvalue weighted by Crippen LogP contribution is -2.06. The Balaban J connectivity index is 2.90. The Labute approximate surface area is 87.1 Å². The van der Waals surface area contributed by atoms with E-state index in [2.05, 4.69) is 0 Å². The number of hydrogen-bond acceptors (Lipinski definition) is 2. The molecular weight excluding hydrogens is 227 g/mol. The van der Waals surface area contributed by atoms with Crippen molar-refractivity contribution in [3.63, 3.8) is 0 Å². The first-order valence-corrected chi connectivity index (χ1v) is 6.50. The van der Waals surface area contributed by atoms with E-state index in [4.69, 9.17) is 10.7 Å². The van der Waals surface area contributed by atoms with Crippen LogP contribution in [0, 0.1) is 6.92 Å². The molecule has 2 nitrogen and oxygen atoms in total. The second kappa shape index (κ2) is 4.28. The summed E-state index contributed by atoms with van der Waals surface area (Å²) in [6.07, 6.45) is -1.56. The van der Waals surface area contributed by atoms with E-state index in [1.807, 2.05) is 0 Å². The van der Waals surface area contributed by atoms with E-state index in [-0.39, 0.29) is 0 Å². The molecule has 1 atom stereocenters. The second-order valence-corrected chi connectivity index (χ2v) is 5.85. The van der Waals surface area contributed by atoms with Crippen LogP contribution >= 0.6 is 10.7 Å². The standard InChI is InChI=1S/C9H10ClFO2S/c1-7-4-2-3-5-8(7)9(11)6-14(10,12)13/h2-5,9H,6H2,1H3. The van der Waals surface area contributed by atoms with Crippen molar-refractivity contribution in [2.75, 3.05) is 5.75 Å². The van der Waals surface area contributed by atoms with Gasteiger partial charge in [0.15, 0.2) is 0 Å². The van der Waals surface area contributed by atoms with E-state index in [1.165, 1.54) is 0 Å². The molecule has 0 spiro atoms. The predicted octanol–water partition coefficient (Wildman–Crippen LogP) is 2.57. The zero-order valence-corrected chi connectivity index (χ0v) is 9.15. The molecule has 1 aromatic rings. The summed E-state index contributed by atoms with van der Waals surface area (Å²) in [5, 5.41) is 0. The molecule has 0 heterocycles. The number of benzene rings is 1. The molecule has 0 aliphatic heterocycles. The zero-order valence-electron chi connectivity index (χ0n) is 7.57. The molecule has 1 rings (SSSR count). The average molecular weight is 237 g/mol. The highest BCUT2D eigenvalue weighted by atomic mass is 35.7. The Morgan fingerprint density at radius 3 is 2.50 bits per heavy atom. The van der Waals surface area contributed by atoms with Gasteiger partial charge in [-0.25, -0.2) is 12.8 Å². The lowest BCUT2D eigenvalue weighted by Gasteiger charge is -2.08. The minimum absolute atomic E-state index is 0.372. The van der Waals surface area contributed by atoms with Crippen molar-refractivity contribution in [2.45, 2.75) is 13.1 Å². The lowest BCUT2D eigenvalue weighted by atomic mass is 10.1. The predicted molar refractivity (Wildman–Crippen MR) is 54.7 cm³/mol. The van der Waals surface area contributed by atoms with Gasteiger partial charge in [-0.05, 0) is 18.1 Å². The van der Waals surface area contributed by atoms with E-state index < -0.39 is 21.0 Å². The van der Waals surface area contributed by atoms with Gasteiger partial charge in [0.05, 0.1) is 0 Å². The monoisotopic (exact) mass is 236 g/mol. The fraction of sp³-hybridized carbons (Fsp3) is 0.333. The van der Waals surface area contributed by atoms with Crippen LogP contribution in [0.2, 0.25) is 0 Å². The van der Waals surface area contributed by atoms with Crippen molar-refractivity contribution in [1.82, 2.24) is 0 Å². The second-order valence-electron chi connectivity index (χ2n) is 3.03. The van der Waals surface area contributed by atoms with Crippen LogP contribution in [0.4, 0.5) is 4.39 Å². The van der Waals surface area contributed by atoms with Crippen molar-refractivity contribution in [1.29, 1.82) is 0 Å². The smallest absolute Gasteiger partial charge is 0.235 e. The molecule has 0 bridgehead atoms. The van der Waals surface area contributed by atoms with Crippen molar-refractivity contribution < 1.29 is 12.8 Å². The molecule has 5 heteroatoms. The zero-order chi connectivity index (χ0) is 10.8. The third-order valence-corrected chi connectivity index (χ3v) is 2.94. The molecule has 1 unspecified atom stereocenters. The van der Waals surface area contributed by atoms with Gasteiger partial charge in [0.1, 0.15) is 11.9 Å². The highest BCUT2D eigenvalue weighted by molar-refractivity contribution is 8.13. The van der Waals surface area contributed by atoms with Crippen molar-refractivity contribution in [3.05, 3.63) is 35.4 Å². The summed E-state index contributed by atoms with van der Waals surface area (Å²) in [4.78, 5) is 0. The third-order valence-electron chi connectivity index (χ3n) is 1.87. The maximum Gasteiger partial charge on any atom is 0.235 e. The first-order valence-electron chi connectivity index (χ1n) is 4.02. The summed E-state index contributed by atoms with van der Waals surface area (Å²) in [5.41, 5.74) is 1.09. The highest BCUT2D eigenvalue weighted by Gasteiger charge is 2.19. The maximum absolute atomic E-state index is 13.4. The SMILES string of the molecule is Cc1ccccc1C(F)CS(=O)(=O)Cl. The minimum Gasteiger partial charge on any atom is -0.241 e. The normalized spacial score (nSPS) is 13.9. The molecule has 14 heavy (non-hydrogen) atoms. The van der Waals surface area contributed by atoms with Gasteiger partial charge in [-0.3, -0.25) is 0 Å². The Hall–Kier alpha value is -0.610. The van der Waals surface area contributed by atoms with Gasteiger partial charge in [0, 0.05) is 10.7 Å². The van der Waals surface area contributed by atoms with Gasteiger partial charge in [0.2, 0.25) is 9.05 Å². The first kappa shape index (κ1) is 11.5. The van der Waals surface area contributed by atoms with Crippen molar-refractivity contribution >= 4 is 19.7 Å². The summed E-state index contributed by atoms with van der Waals surface area (Å²) >= 11 is 0. The van der Waals surface area contributed by atoms with E-state index in [1.54, 1.807) is 31.2 Å². The largest absolute Gasteiger partial charge is 0.241 e. The number of aryl methyl sites for hydroxylation is 1. The van der Waals surface area contributed by atoms with Crippen LogP contribution in [-0.4, -0.2) is 14.2 Å². The molecule has 1 aromatic carbocycles. The average Bonchev–Trinajstić information content (AvgIpc) is 2.01. The van der Waals surface area contributed by atoms with Crippen LogP contribution in [0.1, 0.15) is 17.3 Å². The first-order chi connectivity index (χ1) is 6.40. The summed E-state index contributed by atoms with van der Waals surface area (Å²) in [5.74, 6) is -0.681. The van der Waals surface area contributed by atoms with Crippen LogP contribution in [0.3, 0.4) is 0 Å². The molecule has 0 fully saturated rings. The highest BCUT2D eigenvalue weighted by Crippen LogP contribution is 2.23. The number of alkyl halides is 1. The minimum atomic E-state index is -3.79. The van der Waals surface area contributed by atoms with Gasteiger partial charge < -0.3 is 0 Å². The fourth-order valence-electron chi connectivity index (χ4n) is 1.20. The number of rotatable bonds is 3. The van der Waals surface area contributed by atoms with Crippen LogP contribution in [0.5, 0.6) is 0 Å². The van der Waals surface area contributed by atoms with E-state index in [0.29, 0.717) is 5.56 Å². The topological polar surface area (TPSA) is 34.1 Å². The molecule has 0 aromatic heterocycles. The summed E-state index contributed by atoms with van der Waals surface area (Å²) in [7, 11) is 1.17. The maximum atomic E-state index is 13.4. The van der Waals surface area contributed by atoms with Crippen LogP contribution < -0.4 is 0 Å². The fourth-order valence-corrected chi connectivity index (χ4v) is 2.06. The molecule has 0 N–H and O–H groups in total. The Morgan fingerprint density at radius 1 is 1.43 bits per heavy atom. The van der Waals surface area contributed by atoms with E-state index in [9.17, 15) is 12.8 Å². The van der Waals surface area contributed by atoms with Gasteiger partial charge in [-0.1, -0.05) is 24.3 Å². The van der Waals surface area contributed by atoms with Crippen LogP contribution in [0.25, 0.3) is 0 Å². The van der Waals surface area contributed by atoms with Crippen molar-refractivity contribution in [2.24, 2.45) is 0 Å². The molecule has 0 amide bonds. The summed E-state index contributed by atoms with van der Waals surface area (Å²) in [6.45, 7) is 1.72. The Bertz CT molecular complexity index is 417. The molecule has 0 aliphatic carbocycles.